The minimum atomic E-state index is 0.528. The lowest BCUT2D eigenvalue weighted by atomic mass is 9.99. The zero-order valence-corrected chi connectivity index (χ0v) is 13.4. The van der Waals surface area contributed by atoms with Gasteiger partial charge in [0.1, 0.15) is 5.82 Å². The lowest BCUT2D eigenvalue weighted by molar-refractivity contribution is 0.320. The molecule has 2 heterocycles. The number of nitrogens with one attached hydrogen (secondary N) is 1. The molecule has 2 rings (SSSR count). The van der Waals surface area contributed by atoms with Crippen molar-refractivity contribution >= 4 is 21.7 Å². The molecule has 0 saturated heterocycles. The van der Waals surface area contributed by atoms with Crippen LogP contribution < -0.4 is 5.32 Å². The van der Waals surface area contributed by atoms with E-state index in [2.05, 4.69) is 53.6 Å². The van der Waals surface area contributed by atoms with Gasteiger partial charge in [0, 0.05) is 12.5 Å². The van der Waals surface area contributed by atoms with Crippen molar-refractivity contribution in [3.63, 3.8) is 0 Å². The molecule has 0 fully saturated rings. The number of aromatic nitrogens is 2. The molecule has 0 aliphatic carbocycles. The van der Waals surface area contributed by atoms with E-state index in [-0.39, 0.29) is 0 Å². The van der Waals surface area contributed by atoms with Gasteiger partial charge in [-0.15, -0.1) is 0 Å². The highest BCUT2D eigenvalue weighted by atomic mass is 79.9. The molecule has 1 atom stereocenters. The average Bonchev–Trinajstić information content (AvgIpc) is 2.69. The number of nitrogens with zero attached hydrogens (tertiary/aromatic N) is 2. The predicted molar refractivity (Wildman–Crippen MR) is 80.2 cm³/mol. The van der Waals surface area contributed by atoms with Crippen LogP contribution in [0.15, 0.2) is 4.47 Å². The maximum atomic E-state index is 4.90. The summed E-state index contributed by atoms with van der Waals surface area (Å²) in [6, 6.07) is 0.528. The largest absolute Gasteiger partial charge is 0.369 e. The zero-order valence-electron chi connectivity index (χ0n) is 11.8. The van der Waals surface area contributed by atoms with Crippen LogP contribution in [0.3, 0.4) is 0 Å². The van der Waals surface area contributed by atoms with Gasteiger partial charge in [-0.25, -0.2) is 4.68 Å². The van der Waals surface area contributed by atoms with Crippen LogP contribution in [0.5, 0.6) is 0 Å². The van der Waals surface area contributed by atoms with Gasteiger partial charge in [-0.3, -0.25) is 0 Å². The van der Waals surface area contributed by atoms with E-state index in [1.54, 1.807) is 0 Å². The van der Waals surface area contributed by atoms with Crippen LogP contribution in [0.2, 0.25) is 0 Å². The van der Waals surface area contributed by atoms with Crippen molar-refractivity contribution in [1.82, 2.24) is 9.78 Å². The quantitative estimate of drug-likeness (QED) is 0.883. The summed E-state index contributed by atoms with van der Waals surface area (Å²) in [4.78, 5) is 0. The highest BCUT2D eigenvalue weighted by molar-refractivity contribution is 9.10. The van der Waals surface area contributed by atoms with E-state index in [9.17, 15) is 0 Å². The molecule has 1 aliphatic rings. The molecule has 0 aromatic carbocycles. The van der Waals surface area contributed by atoms with E-state index in [4.69, 9.17) is 5.10 Å². The molecule has 1 aromatic heterocycles. The van der Waals surface area contributed by atoms with E-state index in [0.29, 0.717) is 17.9 Å². The summed E-state index contributed by atoms with van der Waals surface area (Å²) in [5.74, 6) is 2.38. The Morgan fingerprint density at radius 2 is 2.06 bits per heavy atom. The summed E-state index contributed by atoms with van der Waals surface area (Å²) in [5, 5.41) is 8.40. The summed E-state index contributed by atoms with van der Waals surface area (Å²) in [7, 11) is 0. The Hall–Kier alpha value is -0.510. The molecule has 102 valence electrons. The first-order valence-corrected chi connectivity index (χ1v) is 7.91. The number of fused-ring (bicyclic) bond motifs is 1. The highest BCUT2D eigenvalue weighted by Gasteiger charge is 2.29. The number of hydrogen-bond donors (Lipinski definition) is 1. The Labute approximate surface area is 118 Å². The number of anilines is 1. The van der Waals surface area contributed by atoms with Gasteiger partial charge < -0.3 is 5.32 Å². The van der Waals surface area contributed by atoms with Gasteiger partial charge in [-0.05, 0) is 41.1 Å². The van der Waals surface area contributed by atoms with Gasteiger partial charge in [0.2, 0.25) is 0 Å². The first kappa shape index (κ1) is 13.9. The fraction of sp³-hybridized carbons (Fsp3) is 0.786. The van der Waals surface area contributed by atoms with Crippen LogP contribution >= 0.6 is 15.9 Å². The second-order valence-corrected chi connectivity index (χ2v) is 6.33. The van der Waals surface area contributed by atoms with E-state index in [0.717, 1.165) is 19.4 Å². The lowest BCUT2D eigenvalue weighted by Gasteiger charge is -2.28. The second-order valence-electron chi connectivity index (χ2n) is 5.53. The van der Waals surface area contributed by atoms with Crippen LogP contribution in [0.4, 0.5) is 5.82 Å². The van der Waals surface area contributed by atoms with E-state index in [1.165, 1.54) is 22.4 Å². The standard InChI is InChI=1S/C14H24BrN3/c1-5-10(6-2)13-12(15)14-16-8-7-11(9(3)4)18(14)17-13/h9-11,16H,5-8H2,1-4H3. The zero-order chi connectivity index (χ0) is 13.3. The first-order chi connectivity index (χ1) is 8.60. The number of hydrogen-bond acceptors (Lipinski definition) is 2. The normalized spacial score (nSPS) is 19.2. The SMILES string of the molecule is CCC(CC)c1nn2c(c1Br)NCCC2C(C)C. The first-order valence-electron chi connectivity index (χ1n) is 7.11. The highest BCUT2D eigenvalue weighted by Crippen LogP contribution is 2.39. The topological polar surface area (TPSA) is 29.9 Å². The third kappa shape index (κ3) is 2.31. The Morgan fingerprint density at radius 1 is 1.39 bits per heavy atom. The maximum Gasteiger partial charge on any atom is 0.139 e. The van der Waals surface area contributed by atoms with Gasteiger partial charge in [0.05, 0.1) is 16.2 Å². The molecule has 0 spiro atoms. The van der Waals surface area contributed by atoms with Gasteiger partial charge in [0.15, 0.2) is 0 Å². The fourth-order valence-corrected chi connectivity index (χ4v) is 3.57. The van der Waals surface area contributed by atoms with Crippen LogP contribution in [0, 0.1) is 5.92 Å². The van der Waals surface area contributed by atoms with Crippen LogP contribution in [0.25, 0.3) is 0 Å². The summed E-state index contributed by atoms with van der Waals surface area (Å²) in [6.07, 6.45) is 3.47. The Kier molecular flexibility index (Phi) is 4.36. The van der Waals surface area contributed by atoms with E-state index < -0.39 is 0 Å². The average molecular weight is 314 g/mol. The van der Waals surface area contributed by atoms with Crippen molar-refractivity contribution < 1.29 is 0 Å². The molecule has 18 heavy (non-hydrogen) atoms. The third-order valence-corrected chi connectivity index (χ3v) is 4.85. The van der Waals surface area contributed by atoms with Crippen LogP contribution in [-0.2, 0) is 0 Å². The summed E-state index contributed by atoms with van der Waals surface area (Å²) < 4.78 is 3.40. The van der Waals surface area contributed by atoms with Crippen molar-refractivity contribution in [1.29, 1.82) is 0 Å². The van der Waals surface area contributed by atoms with Crippen LogP contribution in [-0.4, -0.2) is 16.3 Å². The molecule has 4 heteroatoms. The summed E-state index contributed by atoms with van der Waals surface area (Å²) >= 11 is 3.75. The fourth-order valence-electron chi connectivity index (χ4n) is 2.84. The van der Waals surface area contributed by atoms with Crippen LogP contribution in [0.1, 0.15) is 64.6 Å². The monoisotopic (exact) mass is 313 g/mol. The van der Waals surface area contributed by atoms with Gasteiger partial charge in [-0.2, -0.15) is 5.10 Å². The summed E-state index contributed by atoms with van der Waals surface area (Å²) in [6.45, 7) is 10.1. The second kappa shape index (κ2) is 5.64. The van der Waals surface area contributed by atoms with Crippen molar-refractivity contribution in [3.05, 3.63) is 10.2 Å². The molecule has 0 radical (unpaired) electrons. The van der Waals surface area contributed by atoms with Crippen molar-refractivity contribution in [2.45, 2.75) is 58.9 Å². The van der Waals surface area contributed by atoms with Gasteiger partial charge in [-0.1, -0.05) is 27.7 Å². The number of halogens is 1. The molecule has 1 N–H and O–H groups in total. The van der Waals surface area contributed by atoms with Crippen molar-refractivity contribution in [2.24, 2.45) is 5.92 Å². The lowest BCUT2D eigenvalue weighted by Crippen LogP contribution is -2.27. The molecule has 1 aliphatic heterocycles. The van der Waals surface area contributed by atoms with Crippen molar-refractivity contribution in [3.8, 4) is 0 Å². The van der Waals surface area contributed by atoms with Gasteiger partial charge in [0.25, 0.3) is 0 Å². The van der Waals surface area contributed by atoms with E-state index >= 15 is 0 Å². The Balaban J connectivity index is 2.42. The predicted octanol–water partition coefficient (Wildman–Crippen LogP) is 4.56. The minimum Gasteiger partial charge on any atom is -0.369 e. The Morgan fingerprint density at radius 3 is 2.61 bits per heavy atom. The molecule has 1 aromatic rings. The molecular formula is C14H24BrN3. The molecule has 1 unspecified atom stereocenters. The van der Waals surface area contributed by atoms with Crippen molar-refractivity contribution in [2.75, 3.05) is 11.9 Å². The maximum absolute atomic E-state index is 4.90. The molecule has 3 nitrogen and oxygen atoms in total. The third-order valence-electron chi connectivity index (χ3n) is 4.07. The summed E-state index contributed by atoms with van der Waals surface area (Å²) in [5.41, 5.74) is 1.23. The molecular weight excluding hydrogens is 290 g/mol. The number of rotatable bonds is 4. The minimum absolute atomic E-state index is 0.528. The molecule has 0 amide bonds. The Bertz CT molecular complexity index is 407. The molecule has 0 saturated carbocycles. The smallest absolute Gasteiger partial charge is 0.139 e. The van der Waals surface area contributed by atoms with E-state index in [1.807, 2.05) is 0 Å². The molecule has 0 bridgehead atoms. The van der Waals surface area contributed by atoms with Gasteiger partial charge >= 0.3 is 0 Å².